The lowest BCUT2D eigenvalue weighted by atomic mass is 9.85. The van der Waals surface area contributed by atoms with Crippen LogP contribution in [-0.2, 0) is 0 Å². The van der Waals surface area contributed by atoms with Crippen molar-refractivity contribution in [3.8, 4) is 5.75 Å². The van der Waals surface area contributed by atoms with Crippen LogP contribution in [0.1, 0.15) is 35.9 Å². The highest BCUT2D eigenvalue weighted by atomic mass is 79.9. The molecule has 0 aliphatic carbocycles. The van der Waals surface area contributed by atoms with Gasteiger partial charge in [0.15, 0.2) is 0 Å². The van der Waals surface area contributed by atoms with Crippen molar-refractivity contribution in [3.05, 3.63) is 64.1 Å². The summed E-state index contributed by atoms with van der Waals surface area (Å²) < 4.78 is 6.90. The summed E-state index contributed by atoms with van der Waals surface area (Å²) in [5.41, 5.74) is 2.68. The van der Waals surface area contributed by atoms with Gasteiger partial charge in [-0.3, -0.25) is 0 Å². The van der Waals surface area contributed by atoms with Crippen LogP contribution >= 0.6 is 15.9 Å². The van der Waals surface area contributed by atoms with E-state index in [0.29, 0.717) is 12.0 Å². The van der Waals surface area contributed by atoms with Crippen molar-refractivity contribution in [2.75, 3.05) is 13.7 Å². The molecule has 1 heterocycles. The van der Waals surface area contributed by atoms with Gasteiger partial charge in [-0.15, -0.1) is 0 Å². The van der Waals surface area contributed by atoms with E-state index in [1.807, 2.05) is 13.1 Å². The molecule has 0 amide bonds. The molecule has 2 aromatic rings. The van der Waals surface area contributed by atoms with E-state index < -0.39 is 0 Å². The van der Waals surface area contributed by atoms with Gasteiger partial charge in [0.2, 0.25) is 0 Å². The predicted molar refractivity (Wildman–Crippen MR) is 89.9 cm³/mol. The first-order valence-corrected chi connectivity index (χ1v) is 8.21. The Morgan fingerprint density at radius 1 is 1.24 bits per heavy atom. The van der Waals surface area contributed by atoms with Crippen LogP contribution in [-0.4, -0.2) is 13.7 Å². The van der Waals surface area contributed by atoms with Crippen LogP contribution in [0, 0.1) is 0 Å². The molecule has 0 fully saturated rings. The monoisotopic (exact) mass is 345 g/mol. The highest BCUT2D eigenvalue weighted by molar-refractivity contribution is 9.10. The molecular weight excluding hydrogens is 326 g/mol. The lowest BCUT2D eigenvalue weighted by Crippen LogP contribution is -2.22. The number of hydrogen-bond donors (Lipinski definition) is 1. The number of nitrogens with one attached hydrogen (secondary N) is 1. The lowest BCUT2D eigenvalue weighted by molar-refractivity contribution is 0.256. The van der Waals surface area contributed by atoms with E-state index in [1.54, 1.807) is 0 Å². The van der Waals surface area contributed by atoms with Crippen LogP contribution in [0.4, 0.5) is 0 Å². The minimum Gasteiger partial charge on any atom is -0.493 e. The van der Waals surface area contributed by atoms with Gasteiger partial charge in [-0.2, -0.15) is 0 Å². The second-order valence-corrected chi connectivity index (χ2v) is 6.42. The molecule has 3 heteroatoms. The van der Waals surface area contributed by atoms with E-state index in [-0.39, 0.29) is 0 Å². The smallest absolute Gasteiger partial charge is 0.122 e. The Kier molecular flexibility index (Phi) is 4.61. The van der Waals surface area contributed by atoms with Crippen molar-refractivity contribution in [2.45, 2.75) is 24.8 Å². The number of para-hydroxylation sites is 1. The maximum absolute atomic E-state index is 5.77. The Balaban J connectivity index is 1.82. The SMILES string of the molecule is CNC(CC1CCOc2ccccc21)c1cccc(Br)c1. The van der Waals surface area contributed by atoms with Gasteiger partial charge in [0.1, 0.15) is 5.75 Å². The van der Waals surface area contributed by atoms with E-state index in [9.17, 15) is 0 Å². The van der Waals surface area contributed by atoms with Crippen LogP contribution < -0.4 is 10.1 Å². The number of ether oxygens (including phenoxy) is 1. The van der Waals surface area contributed by atoms with Gasteiger partial charge in [-0.05, 0) is 55.1 Å². The number of rotatable bonds is 4. The fourth-order valence-electron chi connectivity index (χ4n) is 3.09. The van der Waals surface area contributed by atoms with E-state index in [1.165, 1.54) is 11.1 Å². The molecular formula is C18H20BrNO. The third-order valence-corrected chi connectivity index (χ3v) is 4.70. The maximum Gasteiger partial charge on any atom is 0.122 e. The first-order valence-electron chi connectivity index (χ1n) is 7.42. The molecule has 2 nitrogen and oxygen atoms in total. The summed E-state index contributed by atoms with van der Waals surface area (Å²) >= 11 is 3.56. The Morgan fingerprint density at radius 3 is 2.90 bits per heavy atom. The molecule has 1 aliphatic rings. The van der Waals surface area contributed by atoms with E-state index >= 15 is 0 Å². The van der Waals surface area contributed by atoms with Gasteiger partial charge in [0.05, 0.1) is 6.61 Å². The number of benzene rings is 2. The zero-order valence-corrected chi connectivity index (χ0v) is 13.8. The van der Waals surface area contributed by atoms with Gasteiger partial charge < -0.3 is 10.1 Å². The van der Waals surface area contributed by atoms with Gasteiger partial charge in [-0.25, -0.2) is 0 Å². The molecule has 0 saturated carbocycles. The van der Waals surface area contributed by atoms with Gasteiger partial charge in [0, 0.05) is 10.5 Å². The number of halogens is 1. The highest BCUT2D eigenvalue weighted by Crippen LogP contribution is 2.38. The number of hydrogen-bond acceptors (Lipinski definition) is 2. The Morgan fingerprint density at radius 2 is 2.10 bits per heavy atom. The van der Waals surface area contributed by atoms with Crippen molar-refractivity contribution in [1.82, 2.24) is 5.32 Å². The molecule has 2 atom stereocenters. The summed E-state index contributed by atoms with van der Waals surface area (Å²) in [7, 11) is 2.04. The molecule has 0 aromatic heterocycles. The molecule has 1 N–H and O–H groups in total. The molecule has 0 saturated heterocycles. The second-order valence-electron chi connectivity index (χ2n) is 5.50. The molecule has 0 radical (unpaired) electrons. The fraction of sp³-hybridized carbons (Fsp3) is 0.333. The molecule has 1 aliphatic heterocycles. The van der Waals surface area contributed by atoms with Crippen LogP contribution in [0.5, 0.6) is 5.75 Å². The first-order chi connectivity index (χ1) is 10.3. The van der Waals surface area contributed by atoms with Crippen LogP contribution in [0.2, 0.25) is 0 Å². The third-order valence-electron chi connectivity index (χ3n) is 4.20. The first kappa shape index (κ1) is 14.6. The van der Waals surface area contributed by atoms with Crippen molar-refractivity contribution in [3.63, 3.8) is 0 Å². The minimum atomic E-state index is 0.360. The summed E-state index contributed by atoms with van der Waals surface area (Å²) in [5.74, 6) is 1.60. The quantitative estimate of drug-likeness (QED) is 0.869. The van der Waals surface area contributed by atoms with E-state index in [0.717, 1.165) is 29.7 Å². The van der Waals surface area contributed by atoms with Gasteiger partial charge in [-0.1, -0.05) is 46.3 Å². The fourth-order valence-corrected chi connectivity index (χ4v) is 3.51. The predicted octanol–water partition coefficient (Wildman–Crippen LogP) is 4.67. The molecule has 3 rings (SSSR count). The Bertz CT molecular complexity index is 614. The average Bonchev–Trinajstić information content (AvgIpc) is 2.52. The summed E-state index contributed by atoms with van der Waals surface area (Å²) in [6.45, 7) is 0.816. The average molecular weight is 346 g/mol. The van der Waals surface area contributed by atoms with Crippen molar-refractivity contribution >= 4 is 15.9 Å². The van der Waals surface area contributed by atoms with E-state index in [4.69, 9.17) is 4.74 Å². The molecule has 0 spiro atoms. The number of fused-ring (bicyclic) bond motifs is 1. The van der Waals surface area contributed by atoms with Crippen LogP contribution in [0.25, 0.3) is 0 Å². The van der Waals surface area contributed by atoms with Crippen molar-refractivity contribution < 1.29 is 4.74 Å². The Labute approximate surface area is 134 Å². The zero-order valence-electron chi connectivity index (χ0n) is 12.2. The maximum atomic E-state index is 5.77. The largest absolute Gasteiger partial charge is 0.493 e. The highest BCUT2D eigenvalue weighted by Gasteiger charge is 2.24. The van der Waals surface area contributed by atoms with Gasteiger partial charge in [0.25, 0.3) is 0 Å². The van der Waals surface area contributed by atoms with Crippen molar-refractivity contribution in [2.24, 2.45) is 0 Å². The minimum absolute atomic E-state index is 0.360. The van der Waals surface area contributed by atoms with Gasteiger partial charge >= 0.3 is 0 Å². The third kappa shape index (κ3) is 3.30. The second kappa shape index (κ2) is 6.63. The molecule has 2 unspecified atom stereocenters. The zero-order chi connectivity index (χ0) is 14.7. The molecule has 0 bridgehead atoms. The molecule has 110 valence electrons. The van der Waals surface area contributed by atoms with E-state index in [2.05, 4.69) is 63.7 Å². The summed E-state index contributed by atoms with van der Waals surface area (Å²) in [6.07, 6.45) is 2.18. The summed E-state index contributed by atoms with van der Waals surface area (Å²) in [6, 6.07) is 17.4. The van der Waals surface area contributed by atoms with Crippen LogP contribution in [0.15, 0.2) is 53.0 Å². The Hall–Kier alpha value is -1.32. The standard InChI is InChI=1S/C18H20BrNO/c1-20-17(14-5-4-6-15(19)11-14)12-13-9-10-21-18-8-3-2-7-16(13)18/h2-8,11,13,17,20H,9-10,12H2,1H3. The lowest BCUT2D eigenvalue weighted by Gasteiger charge is -2.29. The normalized spacial score (nSPS) is 18.7. The van der Waals surface area contributed by atoms with Crippen LogP contribution in [0.3, 0.4) is 0 Å². The van der Waals surface area contributed by atoms with Crippen molar-refractivity contribution in [1.29, 1.82) is 0 Å². The molecule has 21 heavy (non-hydrogen) atoms. The topological polar surface area (TPSA) is 21.3 Å². The molecule has 2 aromatic carbocycles. The summed E-state index contributed by atoms with van der Waals surface area (Å²) in [5, 5.41) is 3.46. The summed E-state index contributed by atoms with van der Waals surface area (Å²) in [4.78, 5) is 0.